The number of carbonyl (C=O) groups excluding carboxylic acids is 1. The van der Waals surface area contributed by atoms with Crippen molar-refractivity contribution in [2.75, 3.05) is 19.0 Å². The molecule has 5 heteroatoms. The third-order valence-electron chi connectivity index (χ3n) is 1.94. The fourth-order valence-corrected chi connectivity index (χ4v) is 1.19. The second-order valence-electron chi connectivity index (χ2n) is 3.79. The number of rotatable bonds is 5. The second kappa shape index (κ2) is 6.20. The van der Waals surface area contributed by atoms with Crippen LogP contribution in [-0.4, -0.2) is 25.7 Å². The van der Waals surface area contributed by atoms with Gasteiger partial charge in [0.05, 0.1) is 13.2 Å². The molecule has 0 fully saturated rings. The van der Waals surface area contributed by atoms with Gasteiger partial charge in [0.25, 0.3) is 0 Å². The van der Waals surface area contributed by atoms with Crippen LogP contribution in [0, 0.1) is 5.82 Å². The van der Waals surface area contributed by atoms with Crippen LogP contribution >= 0.6 is 0 Å². The first-order valence-electron chi connectivity index (χ1n) is 5.27. The van der Waals surface area contributed by atoms with E-state index in [1.54, 1.807) is 0 Å². The van der Waals surface area contributed by atoms with Crippen LogP contribution in [0.5, 0.6) is 5.75 Å². The molecule has 0 spiro atoms. The molecule has 0 aliphatic carbocycles. The van der Waals surface area contributed by atoms with E-state index in [1.165, 1.54) is 25.3 Å². The highest BCUT2D eigenvalue weighted by atomic mass is 19.1. The van der Waals surface area contributed by atoms with Crippen LogP contribution in [0.2, 0.25) is 0 Å². The monoisotopic (exact) mass is 241 g/mol. The van der Waals surface area contributed by atoms with Crippen LogP contribution in [0.15, 0.2) is 18.2 Å². The maximum atomic E-state index is 13.1. The highest BCUT2D eigenvalue weighted by Crippen LogP contribution is 2.19. The van der Waals surface area contributed by atoms with Gasteiger partial charge in [-0.05, 0) is 19.9 Å². The molecule has 0 atom stereocenters. The summed E-state index contributed by atoms with van der Waals surface area (Å²) in [7, 11) is 1.43. The summed E-state index contributed by atoms with van der Waals surface area (Å²) in [4.78, 5) is 11.4. The van der Waals surface area contributed by atoms with E-state index in [1.807, 2.05) is 13.8 Å². The first kappa shape index (κ1) is 13.4. The molecule has 1 aromatic carbocycles. The summed E-state index contributed by atoms with van der Waals surface area (Å²) < 4.78 is 23.1. The fraction of sp³-hybridized carbons (Fsp3) is 0.417. The van der Waals surface area contributed by atoms with Crippen molar-refractivity contribution in [2.45, 2.75) is 20.0 Å². The number of nitrogens with one attached hydrogen (secondary N) is 1. The molecule has 1 aromatic rings. The van der Waals surface area contributed by atoms with Crippen LogP contribution in [0.1, 0.15) is 13.8 Å². The topological polar surface area (TPSA) is 47.6 Å². The van der Waals surface area contributed by atoms with Gasteiger partial charge in [-0.25, -0.2) is 4.39 Å². The number of carbonyl (C=O) groups is 1. The molecule has 0 saturated heterocycles. The predicted octanol–water partition coefficient (Wildman–Crippen LogP) is 2.20. The van der Waals surface area contributed by atoms with Gasteiger partial charge in [-0.2, -0.15) is 0 Å². The molecule has 0 bridgehead atoms. The summed E-state index contributed by atoms with van der Waals surface area (Å²) in [5.74, 6) is -0.444. The Bertz CT molecular complexity index is 393. The van der Waals surface area contributed by atoms with Crippen molar-refractivity contribution < 1.29 is 18.7 Å². The Labute approximate surface area is 99.7 Å². The zero-order chi connectivity index (χ0) is 12.8. The number of hydrogen-bond acceptors (Lipinski definition) is 3. The molecular formula is C12H16FNO3. The Morgan fingerprint density at radius 3 is 2.71 bits per heavy atom. The first-order chi connectivity index (χ1) is 8.01. The van der Waals surface area contributed by atoms with Crippen LogP contribution in [-0.2, 0) is 9.53 Å². The number of amides is 1. The number of anilines is 1. The third-order valence-corrected chi connectivity index (χ3v) is 1.94. The zero-order valence-corrected chi connectivity index (χ0v) is 10.1. The summed E-state index contributed by atoms with van der Waals surface area (Å²) in [5, 5.41) is 2.53. The maximum absolute atomic E-state index is 13.1. The van der Waals surface area contributed by atoms with Crippen molar-refractivity contribution >= 4 is 11.6 Å². The molecule has 0 heterocycles. The Balaban J connectivity index is 2.61. The van der Waals surface area contributed by atoms with Gasteiger partial charge in [0.2, 0.25) is 5.91 Å². The van der Waals surface area contributed by atoms with Crippen molar-refractivity contribution in [1.82, 2.24) is 0 Å². The molecule has 0 saturated carbocycles. The zero-order valence-electron chi connectivity index (χ0n) is 10.1. The molecule has 0 unspecified atom stereocenters. The fourth-order valence-electron chi connectivity index (χ4n) is 1.19. The summed E-state index contributed by atoms with van der Waals surface area (Å²) >= 11 is 0. The highest BCUT2D eigenvalue weighted by molar-refractivity contribution is 5.91. The SMILES string of the molecule is COc1cc(F)cc(NC(=O)COC(C)C)c1. The molecule has 4 nitrogen and oxygen atoms in total. The largest absolute Gasteiger partial charge is 0.497 e. The Kier molecular flexibility index (Phi) is 4.90. The predicted molar refractivity (Wildman–Crippen MR) is 62.7 cm³/mol. The summed E-state index contributed by atoms with van der Waals surface area (Å²) in [6.45, 7) is 3.60. The molecule has 1 rings (SSSR count). The summed E-state index contributed by atoms with van der Waals surface area (Å²) in [6.07, 6.45) is -0.0252. The number of benzene rings is 1. The van der Waals surface area contributed by atoms with Gasteiger partial charge in [-0.3, -0.25) is 4.79 Å². The average molecular weight is 241 g/mol. The number of methoxy groups -OCH3 is 1. The minimum atomic E-state index is -0.468. The first-order valence-corrected chi connectivity index (χ1v) is 5.27. The van der Waals surface area contributed by atoms with Gasteiger partial charge in [0, 0.05) is 17.8 Å². The lowest BCUT2D eigenvalue weighted by molar-refractivity contribution is -0.121. The highest BCUT2D eigenvalue weighted by Gasteiger charge is 2.06. The lowest BCUT2D eigenvalue weighted by Gasteiger charge is -2.09. The maximum Gasteiger partial charge on any atom is 0.250 e. The molecule has 1 amide bonds. The molecule has 17 heavy (non-hydrogen) atoms. The van der Waals surface area contributed by atoms with Gasteiger partial charge in [-0.1, -0.05) is 0 Å². The van der Waals surface area contributed by atoms with E-state index in [-0.39, 0.29) is 18.6 Å². The van der Waals surface area contributed by atoms with Gasteiger partial charge in [-0.15, -0.1) is 0 Å². The average Bonchev–Trinajstić information content (AvgIpc) is 2.25. The number of hydrogen-bond donors (Lipinski definition) is 1. The smallest absolute Gasteiger partial charge is 0.250 e. The molecule has 0 aromatic heterocycles. The standard InChI is InChI=1S/C12H16FNO3/c1-8(2)17-7-12(15)14-10-4-9(13)5-11(6-10)16-3/h4-6,8H,7H2,1-3H3,(H,14,15). The van der Waals surface area contributed by atoms with Crippen molar-refractivity contribution in [1.29, 1.82) is 0 Å². The Morgan fingerprint density at radius 1 is 1.41 bits per heavy atom. The number of halogens is 1. The summed E-state index contributed by atoms with van der Waals surface area (Å²) in [6, 6.07) is 3.99. The van der Waals surface area contributed by atoms with Crippen LogP contribution in [0.25, 0.3) is 0 Å². The quantitative estimate of drug-likeness (QED) is 0.859. The van der Waals surface area contributed by atoms with E-state index >= 15 is 0 Å². The minimum absolute atomic E-state index is 0.0252. The second-order valence-corrected chi connectivity index (χ2v) is 3.79. The van der Waals surface area contributed by atoms with E-state index < -0.39 is 5.82 Å². The van der Waals surface area contributed by atoms with E-state index in [0.29, 0.717) is 11.4 Å². The van der Waals surface area contributed by atoms with Crippen LogP contribution in [0.3, 0.4) is 0 Å². The van der Waals surface area contributed by atoms with E-state index in [0.717, 1.165) is 0 Å². The van der Waals surface area contributed by atoms with Gasteiger partial charge in [0.15, 0.2) is 0 Å². The molecule has 0 aliphatic rings. The van der Waals surface area contributed by atoms with Crippen molar-refractivity contribution in [2.24, 2.45) is 0 Å². The van der Waals surface area contributed by atoms with Gasteiger partial charge in [0.1, 0.15) is 18.2 Å². The van der Waals surface area contributed by atoms with Crippen molar-refractivity contribution in [3.8, 4) is 5.75 Å². The van der Waals surface area contributed by atoms with Gasteiger partial charge < -0.3 is 14.8 Å². The van der Waals surface area contributed by atoms with Crippen molar-refractivity contribution in [3.63, 3.8) is 0 Å². The van der Waals surface area contributed by atoms with E-state index in [9.17, 15) is 9.18 Å². The van der Waals surface area contributed by atoms with E-state index in [2.05, 4.69) is 5.32 Å². The molecular weight excluding hydrogens is 225 g/mol. The Hall–Kier alpha value is -1.62. The molecule has 1 N–H and O–H groups in total. The molecule has 0 radical (unpaired) electrons. The molecule has 0 aliphatic heterocycles. The van der Waals surface area contributed by atoms with Crippen LogP contribution < -0.4 is 10.1 Å². The summed E-state index contributed by atoms with van der Waals surface area (Å²) in [5.41, 5.74) is 0.346. The van der Waals surface area contributed by atoms with E-state index in [4.69, 9.17) is 9.47 Å². The Morgan fingerprint density at radius 2 is 2.12 bits per heavy atom. The lowest BCUT2D eigenvalue weighted by Crippen LogP contribution is -2.20. The third kappa shape index (κ3) is 4.82. The van der Waals surface area contributed by atoms with Crippen LogP contribution in [0.4, 0.5) is 10.1 Å². The molecule has 94 valence electrons. The number of ether oxygens (including phenoxy) is 2. The lowest BCUT2D eigenvalue weighted by atomic mass is 10.3. The van der Waals surface area contributed by atoms with Gasteiger partial charge >= 0.3 is 0 Å². The minimum Gasteiger partial charge on any atom is -0.497 e. The normalized spacial score (nSPS) is 10.4. The van der Waals surface area contributed by atoms with Crippen molar-refractivity contribution in [3.05, 3.63) is 24.0 Å².